The van der Waals surface area contributed by atoms with Crippen LogP contribution in [0.3, 0.4) is 0 Å². The van der Waals surface area contributed by atoms with Gasteiger partial charge < -0.3 is 16.4 Å². The number of nitrogens with one attached hydrogen (secondary N) is 1. The van der Waals surface area contributed by atoms with Gasteiger partial charge in [0.15, 0.2) is 0 Å². The predicted octanol–water partition coefficient (Wildman–Crippen LogP) is -1.14. The average Bonchev–Trinajstić information content (AvgIpc) is 2.92. The van der Waals surface area contributed by atoms with Crippen LogP contribution in [-0.2, 0) is 14.8 Å². The summed E-state index contributed by atoms with van der Waals surface area (Å²) in [6, 6.07) is 1.13. The van der Waals surface area contributed by atoms with Gasteiger partial charge in [0.2, 0.25) is 21.9 Å². The number of carbonyl (C=O) groups is 1. The molecule has 1 unspecified atom stereocenters. The number of sulfonamides is 1. The minimum atomic E-state index is -3.41. The van der Waals surface area contributed by atoms with Crippen molar-refractivity contribution in [3.8, 4) is 6.07 Å². The molecule has 1 rings (SSSR count). The summed E-state index contributed by atoms with van der Waals surface area (Å²) >= 11 is 0. The molecule has 1 amide bonds. The largest absolute Gasteiger partial charge is 0.369 e. The third-order valence-electron chi connectivity index (χ3n) is 3.50. The first-order valence-corrected chi connectivity index (χ1v) is 9.37. The fourth-order valence-electron chi connectivity index (χ4n) is 2.40. The van der Waals surface area contributed by atoms with Crippen LogP contribution in [0.25, 0.3) is 0 Å². The zero-order valence-corrected chi connectivity index (χ0v) is 14.1. The fourth-order valence-corrected chi connectivity index (χ4v) is 2.84. The van der Waals surface area contributed by atoms with Crippen LogP contribution in [0.4, 0.5) is 0 Å². The number of amides is 1. The number of nitriles is 1. The summed E-state index contributed by atoms with van der Waals surface area (Å²) in [5.74, 6) is -0.336. The second-order valence-corrected chi connectivity index (χ2v) is 7.31. The summed E-state index contributed by atoms with van der Waals surface area (Å²) in [7, 11) is -3.41. The monoisotopic (exact) mass is 344 g/mol. The van der Waals surface area contributed by atoms with Gasteiger partial charge in [-0.15, -0.1) is 0 Å². The second kappa shape index (κ2) is 8.69. The second-order valence-electron chi connectivity index (χ2n) is 5.56. The van der Waals surface area contributed by atoms with E-state index in [9.17, 15) is 13.2 Å². The minimum absolute atomic E-state index is 0.151. The van der Waals surface area contributed by atoms with E-state index in [4.69, 9.17) is 16.7 Å². The standard InChI is InChI=1S/C13H24N6O3S/c1-23(21,22)18-13(16)17-7-3-2-6-11(15)12(20)19-8-4-5-10(19)9-14/h10-11H,2-8,15H2,1H3,(H3,16,17,18)/t10?,11-/m0/s1. The molecule has 0 aliphatic carbocycles. The van der Waals surface area contributed by atoms with Crippen molar-refractivity contribution in [3.05, 3.63) is 0 Å². The highest BCUT2D eigenvalue weighted by atomic mass is 32.2. The Morgan fingerprint density at radius 2 is 2.22 bits per heavy atom. The van der Waals surface area contributed by atoms with Crippen molar-refractivity contribution in [2.75, 3.05) is 19.3 Å². The number of rotatable bonds is 7. The van der Waals surface area contributed by atoms with Crippen LogP contribution in [-0.4, -0.2) is 56.6 Å². The van der Waals surface area contributed by atoms with Gasteiger partial charge in [-0.2, -0.15) is 5.26 Å². The first-order chi connectivity index (χ1) is 10.7. The van der Waals surface area contributed by atoms with E-state index >= 15 is 0 Å². The van der Waals surface area contributed by atoms with Crippen LogP contribution in [0.15, 0.2) is 4.99 Å². The zero-order chi connectivity index (χ0) is 17.5. The van der Waals surface area contributed by atoms with Gasteiger partial charge in [-0.25, -0.2) is 8.42 Å². The first-order valence-electron chi connectivity index (χ1n) is 7.48. The Bertz CT molecular complexity index is 583. The molecule has 23 heavy (non-hydrogen) atoms. The van der Waals surface area contributed by atoms with E-state index in [1.54, 1.807) is 4.90 Å². The zero-order valence-electron chi connectivity index (χ0n) is 13.2. The van der Waals surface area contributed by atoms with E-state index in [0.29, 0.717) is 38.8 Å². The molecule has 1 aliphatic rings. The summed E-state index contributed by atoms with van der Waals surface area (Å²) in [6.45, 7) is 0.933. The summed E-state index contributed by atoms with van der Waals surface area (Å²) < 4.78 is 23.9. The van der Waals surface area contributed by atoms with Gasteiger partial charge in [0.1, 0.15) is 6.04 Å². The van der Waals surface area contributed by atoms with E-state index in [2.05, 4.69) is 15.8 Å². The lowest BCUT2D eigenvalue weighted by Crippen LogP contribution is -2.45. The van der Waals surface area contributed by atoms with E-state index in [1.807, 2.05) is 0 Å². The molecular weight excluding hydrogens is 320 g/mol. The van der Waals surface area contributed by atoms with Crippen molar-refractivity contribution in [2.24, 2.45) is 16.5 Å². The molecule has 0 aromatic carbocycles. The molecule has 1 heterocycles. The number of hydrogen-bond donors (Lipinski definition) is 3. The van der Waals surface area contributed by atoms with E-state index in [-0.39, 0.29) is 17.9 Å². The SMILES string of the molecule is CS(=O)(=O)NC(N)=NCCCC[C@H](N)C(=O)N1CCCC1C#N. The summed E-state index contributed by atoms with van der Waals surface area (Å²) in [5.41, 5.74) is 11.3. The highest BCUT2D eigenvalue weighted by molar-refractivity contribution is 7.89. The van der Waals surface area contributed by atoms with Gasteiger partial charge >= 0.3 is 0 Å². The van der Waals surface area contributed by atoms with Crippen molar-refractivity contribution in [2.45, 2.75) is 44.2 Å². The number of nitrogens with two attached hydrogens (primary N) is 2. The lowest BCUT2D eigenvalue weighted by atomic mass is 10.1. The number of likely N-dealkylation sites (tertiary alicyclic amines) is 1. The Morgan fingerprint density at radius 1 is 1.52 bits per heavy atom. The topological polar surface area (TPSA) is 155 Å². The molecular formula is C13H24N6O3S. The van der Waals surface area contributed by atoms with Crippen LogP contribution in [0.5, 0.6) is 0 Å². The Balaban J connectivity index is 2.29. The van der Waals surface area contributed by atoms with Crippen molar-refractivity contribution in [3.63, 3.8) is 0 Å². The van der Waals surface area contributed by atoms with Gasteiger partial charge in [0, 0.05) is 13.1 Å². The highest BCUT2D eigenvalue weighted by Crippen LogP contribution is 2.18. The molecule has 130 valence electrons. The molecule has 10 heteroatoms. The lowest BCUT2D eigenvalue weighted by molar-refractivity contribution is -0.132. The van der Waals surface area contributed by atoms with Crippen molar-refractivity contribution < 1.29 is 13.2 Å². The van der Waals surface area contributed by atoms with Gasteiger partial charge in [0.05, 0.1) is 18.4 Å². The maximum absolute atomic E-state index is 12.2. The highest BCUT2D eigenvalue weighted by Gasteiger charge is 2.31. The molecule has 1 fully saturated rings. The maximum Gasteiger partial charge on any atom is 0.240 e. The van der Waals surface area contributed by atoms with Crippen molar-refractivity contribution >= 4 is 21.9 Å². The molecule has 1 saturated heterocycles. The average molecular weight is 344 g/mol. The number of carbonyl (C=O) groups excluding carboxylic acids is 1. The van der Waals surface area contributed by atoms with E-state index in [1.165, 1.54) is 0 Å². The fraction of sp³-hybridized carbons (Fsp3) is 0.769. The van der Waals surface area contributed by atoms with Gasteiger partial charge in [-0.1, -0.05) is 0 Å². The quantitative estimate of drug-likeness (QED) is 0.301. The van der Waals surface area contributed by atoms with Gasteiger partial charge in [-0.3, -0.25) is 14.5 Å². The van der Waals surface area contributed by atoms with Crippen molar-refractivity contribution in [1.29, 1.82) is 5.26 Å². The van der Waals surface area contributed by atoms with Crippen LogP contribution < -0.4 is 16.2 Å². The number of nitrogens with zero attached hydrogens (tertiary/aromatic N) is 3. The van der Waals surface area contributed by atoms with Gasteiger partial charge in [-0.05, 0) is 32.1 Å². The van der Waals surface area contributed by atoms with E-state index in [0.717, 1.165) is 12.7 Å². The molecule has 0 bridgehead atoms. The Morgan fingerprint density at radius 3 is 2.83 bits per heavy atom. The maximum atomic E-state index is 12.2. The third kappa shape index (κ3) is 6.83. The van der Waals surface area contributed by atoms with E-state index < -0.39 is 16.1 Å². The summed E-state index contributed by atoms with van der Waals surface area (Å²) in [4.78, 5) is 17.6. The smallest absolute Gasteiger partial charge is 0.240 e. The first kappa shape index (κ1) is 19.2. The Hall–Kier alpha value is -1.86. The lowest BCUT2D eigenvalue weighted by Gasteiger charge is -2.23. The van der Waals surface area contributed by atoms with Crippen LogP contribution in [0.1, 0.15) is 32.1 Å². The molecule has 5 N–H and O–H groups in total. The molecule has 0 spiro atoms. The molecule has 0 aromatic rings. The van der Waals surface area contributed by atoms with Crippen LogP contribution in [0.2, 0.25) is 0 Å². The molecule has 0 saturated carbocycles. The Labute approximate surface area is 136 Å². The number of aliphatic imine (C=N–C) groups is 1. The molecule has 1 aliphatic heterocycles. The molecule has 0 aromatic heterocycles. The third-order valence-corrected chi connectivity index (χ3v) is 4.08. The Kier molecular flexibility index (Phi) is 7.25. The van der Waals surface area contributed by atoms with Crippen molar-refractivity contribution in [1.82, 2.24) is 9.62 Å². The number of hydrogen-bond acceptors (Lipinski definition) is 6. The molecule has 0 radical (unpaired) electrons. The minimum Gasteiger partial charge on any atom is -0.369 e. The van der Waals surface area contributed by atoms with Crippen LogP contribution in [0, 0.1) is 11.3 Å². The van der Waals surface area contributed by atoms with Crippen LogP contribution >= 0.6 is 0 Å². The van der Waals surface area contributed by atoms with Gasteiger partial charge in [0.25, 0.3) is 0 Å². The number of guanidine groups is 1. The predicted molar refractivity (Wildman–Crippen MR) is 86.6 cm³/mol. The normalized spacial score (nSPS) is 20.1. The number of unbranched alkanes of at least 4 members (excludes halogenated alkanes) is 1. The molecule has 9 nitrogen and oxygen atoms in total. The summed E-state index contributed by atoms with van der Waals surface area (Å²) in [6.07, 6.45) is 4.31. The summed E-state index contributed by atoms with van der Waals surface area (Å²) in [5, 5.41) is 8.99. The molecule has 2 atom stereocenters.